The summed E-state index contributed by atoms with van der Waals surface area (Å²) in [6.07, 6.45) is 7.76. The van der Waals surface area contributed by atoms with E-state index in [4.69, 9.17) is 10.2 Å². The quantitative estimate of drug-likeness (QED) is 0.527. The van der Waals surface area contributed by atoms with Crippen LogP contribution in [0.15, 0.2) is 24.3 Å². The zero-order chi connectivity index (χ0) is 11.0. The Bertz CT molecular complexity index is 207. The van der Waals surface area contributed by atoms with Crippen molar-refractivity contribution in [3.05, 3.63) is 24.3 Å². The van der Waals surface area contributed by atoms with E-state index >= 15 is 0 Å². The molecule has 0 fully saturated rings. The normalized spacial score (nSPS) is 19.4. The fourth-order valence-electron chi connectivity index (χ4n) is 1.02. The van der Waals surface area contributed by atoms with E-state index in [0.717, 1.165) is 12.8 Å². The van der Waals surface area contributed by atoms with Crippen molar-refractivity contribution in [3.8, 4) is 0 Å². The van der Waals surface area contributed by atoms with Gasteiger partial charge in [0.05, 0.1) is 0 Å². The molecule has 0 aromatic carbocycles. The van der Waals surface area contributed by atoms with Crippen LogP contribution in [0.1, 0.15) is 26.2 Å². The molecule has 0 aliphatic heterocycles. The fourth-order valence-corrected chi connectivity index (χ4v) is 1.02. The van der Waals surface area contributed by atoms with Gasteiger partial charge >= 0.3 is 5.97 Å². The molecular weight excluding hydrogens is 180 g/mol. The van der Waals surface area contributed by atoms with Crippen LogP contribution < -0.4 is 0 Å². The topological polar surface area (TPSA) is 57.5 Å². The van der Waals surface area contributed by atoms with Gasteiger partial charge < -0.3 is 10.2 Å². The SMILES string of the molecule is C=C(C)C(=O)O.OCC1CC=CCC1. The predicted octanol–water partition coefficient (Wildman–Crippen LogP) is 1.98. The van der Waals surface area contributed by atoms with Crippen molar-refractivity contribution in [3.63, 3.8) is 0 Å². The van der Waals surface area contributed by atoms with Gasteiger partial charge in [-0.3, -0.25) is 0 Å². The van der Waals surface area contributed by atoms with Crippen LogP contribution in [-0.2, 0) is 4.79 Å². The summed E-state index contributed by atoms with van der Waals surface area (Å²) in [7, 11) is 0. The zero-order valence-corrected chi connectivity index (χ0v) is 8.57. The third-order valence-electron chi connectivity index (χ3n) is 2.00. The maximum Gasteiger partial charge on any atom is 0.330 e. The van der Waals surface area contributed by atoms with Crippen LogP contribution in [-0.4, -0.2) is 22.8 Å². The van der Waals surface area contributed by atoms with Gasteiger partial charge in [0.15, 0.2) is 0 Å². The van der Waals surface area contributed by atoms with Crippen molar-refractivity contribution >= 4 is 5.97 Å². The maximum atomic E-state index is 9.60. The van der Waals surface area contributed by atoms with Crippen LogP contribution in [0.4, 0.5) is 0 Å². The summed E-state index contributed by atoms with van der Waals surface area (Å²) in [5.41, 5.74) is 0.176. The summed E-state index contributed by atoms with van der Waals surface area (Å²) >= 11 is 0. The number of aliphatic carboxylic acids is 1. The number of hydrogen-bond donors (Lipinski definition) is 2. The van der Waals surface area contributed by atoms with Crippen LogP contribution in [0, 0.1) is 5.92 Å². The van der Waals surface area contributed by atoms with Crippen molar-refractivity contribution in [2.45, 2.75) is 26.2 Å². The maximum absolute atomic E-state index is 9.60. The summed E-state index contributed by atoms with van der Waals surface area (Å²) < 4.78 is 0. The van der Waals surface area contributed by atoms with Crippen molar-refractivity contribution in [1.82, 2.24) is 0 Å². The Morgan fingerprint density at radius 3 is 2.36 bits per heavy atom. The Morgan fingerprint density at radius 2 is 2.14 bits per heavy atom. The van der Waals surface area contributed by atoms with Gasteiger partial charge in [-0.2, -0.15) is 0 Å². The lowest BCUT2D eigenvalue weighted by molar-refractivity contribution is -0.132. The van der Waals surface area contributed by atoms with Gasteiger partial charge in [-0.1, -0.05) is 18.7 Å². The van der Waals surface area contributed by atoms with Crippen LogP contribution in [0.3, 0.4) is 0 Å². The molecule has 1 unspecified atom stereocenters. The highest BCUT2D eigenvalue weighted by atomic mass is 16.4. The number of carbonyl (C=O) groups is 1. The number of carboxylic acid groups (broad SMARTS) is 1. The molecule has 0 saturated carbocycles. The van der Waals surface area contributed by atoms with Gasteiger partial charge in [0.25, 0.3) is 0 Å². The van der Waals surface area contributed by atoms with Crippen LogP contribution in [0.25, 0.3) is 0 Å². The number of allylic oxidation sites excluding steroid dienone is 2. The minimum Gasteiger partial charge on any atom is -0.478 e. The van der Waals surface area contributed by atoms with Gasteiger partial charge in [0.2, 0.25) is 0 Å². The Morgan fingerprint density at radius 1 is 1.57 bits per heavy atom. The van der Waals surface area contributed by atoms with Crippen molar-refractivity contribution in [1.29, 1.82) is 0 Å². The fraction of sp³-hybridized carbons (Fsp3) is 0.545. The Hall–Kier alpha value is -1.09. The number of aliphatic hydroxyl groups excluding tert-OH is 1. The van der Waals surface area contributed by atoms with Gasteiger partial charge in [-0.05, 0) is 32.1 Å². The first kappa shape index (κ1) is 12.9. The molecule has 1 atom stereocenters. The molecule has 0 heterocycles. The molecule has 3 nitrogen and oxygen atoms in total. The van der Waals surface area contributed by atoms with E-state index in [1.807, 2.05) is 0 Å². The van der Waals surface area contributed by atoms with E-state index in [1.165, 1.54) is 13.3 Å². The first-order valence-corrected chi connectivity index (χ1v) is 4.72. The van der Waals surface area contributed by atoms with E-state index in [2.05, 4.69) is 18.7 Å². The van der Waals surface area contributed by atoms with Crippen LogP contribution in [0.2, 0.25) is 0 Å². The lowest BCUT2D eigenvalue weighted by atomic mass is 9.96. The predicted molar refractivity (Wildman–Crippen MR) is 56.0 cm³/mol. The van der Waals surface area contributed by atoms with Crippen LogP contribution >= 0.6 is 0 Å². The average molecular weight is 198 g/mol. The van der Waals surface area contributed by atoms with E-state index in [-0.39, 0.29) is 5.57 Å². The van der Waals surface area contributed by atoms with E-state index in [9.17, 15) is 4.79 Å². The Balaban J connectivity index is 0.000000255. The van der Waals surface area contributed by atoms with Gasteiger partial charge in [-0.15, -0.1) is 0 Å². The monoisotopic (exact) mass is 198 g/mol. The number of carboxylic acids is 1. The molecule has 1 aliphatic rings. The Labute approximate surface area is 84.8 Å². The first-order valence-electron chi connectivity index (χ1n) is 4.72. The molecule has 0 amide bonds. The smallest absolute Gasteiger partial charge is 0.330 e. The third-order valence-corrected chi connectivity index (χ3v) is 2.00. The molecule has 1 aliphatic carbocycles. The molecule has 14 heavy (non-hydrogen) atoms. The van der Waals surface area contributed by atoms with Gasteiger partial charge in [-0.25, -0.2) is 4.79 Å². The second-order valence-corrected chi connectivity index (χ2v) is 3.42. The molecule has 0 aromatic heterocycles. The molecule has 0 aromatic rings. The van der Waals surface area contributed by atoms with Gasteiger partial charge in [0, 0.05) is 12.2 Å². The molecule has 3 heteroatoms. The van der Waals surface area contributed by atoms with Crippen molar-refractivity contribution in [2.24, 2.45) is 5.92 Å². The first-order chi connectivity index (χ1) is 6.57. The largest absolute Gasteiger partial charge is 0.478 e. The summed E-state index contributed by atoms with van der Waals surface area (Å²) in [6.45, 7) is 4.97. The van der Waals surface area contributed by atoms with E-state index < -0.39 is 5.97 Å². The molecule has 2 N–H and O–H groups in total. The van der Waals surface area contributed by atoms with Crippen LogP contribution in [0.5, 0.6) is 0 Å². The number of rotatable bonds is 2. The second-order valence-electron chi connectivity index (χ2n) is 3.42. The summed E-state index contributed by atoms with van der Waals surface area (Å²) in [6, 6.07) is 0. The van der Waals surface area contributed by atoms with Crippen molar-refractivity contribution in [2.75, 3.05) is 6.61 Å². The number of aliphatic hydroxyl groups is 1. The Kier molecular flexibility index (Phi) is 6.76. The zero-order valence-electron chi connectivity index (χ0n) is 8.57. The number of hydrogen-bond acceptors (Lipinski definition) is 2. The molecule has 0 bridgehead atoms. The molecule has 1 rings (SSSR count). The van der Waals surface area contributed by atoms with E-state index in [0.29, 0.717) is 12.5 Å². The summed E-state index contributed by atoms with van der Waals surface area (Å²) in [5, 5.41) is 16.5. The minimum atomic E-state index is -0.935. The van der Waals surface area contributed by atoms with Gasteiger partial charge in [0.1, 0.15) is 0 Å². The molecule has 0 saturated heterocycles. The second kappa shape index (κ2) is 7.33. The average Bonchev–Trinajstić information content (AvgIpc) is 2.20. The van der Waals surface area contributed by atoms with Crippen molar-refractivity contribution < 1.29 is 15.0 Å². The van der Waals surface area contributed by atoms with E-state index in [1.54, 1.807) is 0 Å². The molecule has 80 valence electrons. The summed E-state index contributed by atoms with van der Waals surface area (Å²) in [4.78, 5) is 9.60. The molecular formula is C11H18O3. The molecule has 0 radical (unpaired) electrons. The summed E-state index contributed by atoms with van der Waals surface area (Å²) in [5.74, 6) is -0.380. The highest BCUT2D eigenvalue weighted by Gasteiger charge is 2.06. The minimum absolute atomic E-state index is 0.176. The highest BCUT2D eigenvalue weighted by molar-refractivity contribution is 5.84. The lowest BCUT2D eigenvalue weighted by Crippen LogP contribution is -2.06. The molecule has 0 spiro atoms. The third kappa shape index (κ3) is 6.43. The highest BCUT2D eigenvalue weighted by Crippen LogP contribution is 2.16. The standard InChI is InChI=1S/C7H12O.C4H6O2/c8-6-7-4-2-1-3-5-7;1-3(2)4(5)6/h1-2,7-8H,3-6H2;1H2,2H3,(H,5,6). The lowest BCUT2D eigenvalue weighted by Gasteiger charge is -2.13.